The van der Waals surface area contributed by atoms with Gasteiger partial charge in [0.15, 0.2) is 0 Å². The molecule has 0 unspecified atom stereocenters. The summed E-state index contributed by atoms with van der Waals surface area (Å²) in [7, 11) is -1.30. The molecule has 1 heterocycles. The highest BCUT2D eigenvalue weighted by atomic mass is 32.2. The van der Waals surface area contributed by atoms with Gasteiger partial charge in [0, 0.05) is 18.4 Å². The number of benzene rings is 2. The van der Waals surface area contributed by atoms with Crippen LogP contribution < -0.4 is 10.1 Å². The second-order valence-electron chi connectivity index (χ2n) is 6.93. The van der Waals surface area contributed by atoms with E-state index in [2.05, 4.69) is 5.32 Å². The molecule has 0 saturated carbocycles. The lowest BCUT2D eigenvalue weighted by Gasteiger charge is -2.24. The largest absolute Gasteiger partial charge is 0.497 e. The van der Waals surface area contributed by atoms with Crippen LogP contribution in [0, 0.1) is 0 Å². The predicted octanol–water partition coefficient (Wildman–Crippen LogP) is 2.91. The molecule has 0 aromatic heterocycles. The van der Waals surface area contributed by atoms with Gasteiger partial charge in [-0.15, -0.1) is 0 Å². The van der Waals surface area contributed by atoms with E-state index in [0.29, 0.717) is 19.3 Å². The average Bonchev–Trinajstić information content (AvgIpc) is 2.69. The van der Waals surface area contributed by atoms with Crippen LogP contribution in [-0.4, -0.2) is 39.0 Å². The quantitative estimate of drug-likeness (QED) is 0.827. The van der Waals surface area contributed by atoms with Crippen LogP contribution in [0.3, 0.4) is 0 Å². The maximum Gasteiger partial charge on any atom is 0.221 e. The third-order valence-corrected chi connectivity index (χ3v) is 6.74. The molecular weight excluding hydrogens is 362 g/mol. The van der Waals surface area contributed by atoms with Gasteiger partial charge < -0.3 is 10.1 Å². The van der Waals surface area contributed by atoms with Gasteiger partial charge in [-0.1, -0.05) is 42.5 Å². The van der Waals surface area contributed by atoms with Gasteiger partial charge in [-0.05, 0) is 36.1 Å². The Labute approximate surface area is 160 Å². The van der Waals surface area contributed by atoms with Crippen molar-refractivity contribution in [2.24, 2.45) is 0 Å². The first-order valence-corrected chi connectivity index (χ1v) is 11.0. The minimum atomic E-state index is -2.93. The van der Waals surface area contributed by atoms with E-state index in [4.69, 9.17) is 4.74 Å². The monoisotopic (exact) mass is 387 g/mol. The summed E-state index contributed by atoms with van der Waals surface area (Å²) < 4.78 is 28.3. The molecule has 5 nitrogen and oxygen atoms in total. The zero-order valence-electron chi connectivity index (χ0n) is 15.4. The molecule has 2 aromatic carbocycles. The molecule has 3 rings (SSSR count). The number of sulfone groups is 1. The Bertz CT molecular complexity index is 849. The third-order valence-electron chi connectivity index (χ3n) is 5.03. The van der Waals surface area contributed by atoms with E-state index < -0.39 is 9.84 Å². The van der Waals surface area contributed by atoms with Crippen molar-refractivity contribution in [1.82, 2.24) is 5.32 Å². The Morgan fingerprint density at radius 1 is 1.04 bits per heavy atom. The number of nitrogens with one attached hydrogen (secondary N) is 1. The standard InChI is InChI=1S/C21H25NO4S/c1-26-19-9-7-17(8-10-19)20(16-5-3-2-4-6-16)15-21(23)22-18-11-13-27(24,25)14-12-18/h2-10,18,20H,11-15H2,1H3,(H,22,23)/t20-/m0/s1. The SMILES string of the molecule is COc1ccc([C@@H](CC(=O)NC2CCS(=O)(=O)CC2)c2ccccc2)cc1. The average molecular weight is 388 g/mol. The Hall–Kier alpha value is -2.34. The van der Waals surface area contributed by atoms with Crippen LogP contribution in [-0.2, 0) is 14.6 Å². The lowest BCUT2D eigenvalue weighted by atomic mass is 9.88. The lowest BCUT2D eigenvalue weighted by Crippen LogP contribution is -2.41. The zero-order chi connectivity index (χ0) is 19.3. The van der Waals surface area contributed by atoms with E-state index in [0.717, 1.165) is 16.9 Å². The molecule has 1 aliphatic heterocycles. The second kappa shape index (κ2) is 8.57. The van der Waals surface area contributed by atoms with Crippen LogP contribution in [0.2, 0.25) is 0 Å². The number of amides is 1. The lowest BCUT2D eigenvalue weighted by molar-refractivity contribution is -0.122. The van der Waals surface area contributed by atoms with Crippen molar-refractivity contribution in [3.63, 3.8) is 0 Å². The van der Waals surface area contributed by atoms with Crippen molar-refractivity contribution < 1.29 is 17.9 Å². The molecule has 0 bridgehead atoms. The van der Waals surface area contributed by atoms with Crippen LogP contribution in [0.25, 0.3) is 0 Å². The van der Waals surface area contributed by atoms with Crippen LogP contribution in [0.15, 0.2) is 54.6 Å². The van der Waals surface area contributed by atoms with Gasteiger partial charge >= 0.3 is 0 Å². The highest BCUT2D eigenvalue weighted by Gasteiger charge is 2.26. The van der Waals surface area contributed by atoms with Crippen LogP contribution in [0.5, 0.6) is 5.75 Å². The molecule has 1 atom stereocenters. The highest BCUT2D eigenvalue weighted by Crippen LogP contribution is 2.29. The fourth-order valence-electron chi connectivity index (χ4n) is 3.46. The zero-order valence-corrected chi connectivity index (χ0v) is 16.2. The number of carbonyl (C=O) groups excluding carboxylic acids is 1. The van der Waals surface area contributed by atoms with Gasteiger partial charge in [0.1, 0.15) is 15.6 Å². The Kier molecular flexibility index (Phi) is 6.16. The van der Waals surface area contributed by atoms with Gasteiger partial charge in [-0.25, -0.2) is 8.42 Å². The Balaban J connectivity index is 1.72. The van der Waals surface area contributed by atoms with Crippen LogP contribution in [0.4, 0.5) is 0 Å². The van der Waals surface area contributed by atoms with E-state index in [-0.39, 0.29) is 29.4 Å². The number of carbonyl (C=O) groups is 1. The van der Waals surface area contributed by atoms with Gasteiger partial charge in [0.05, 0.1) is 18.6 Å². The Morgan fingerprint density at radius 2 is 1.63 bits per heavy atom. The van der Waals surface area contributed by atoms with Crippen molar-refractivity contribution in [3.05, 3.63) is 65.7 Å². The summed E-state index contributed by atoms with van der Waals surface area (Å²) in [4.78, 5) is 12.7. The summed E-state index contributed by atoms with van der Waals surface area (Å²) in [5.74, 6) is 0.962. The number of hydrogen-bond acceptors (Lipinski definition) is 4. The summed E-state index contributed by atoms with van der Waals surface area (Å²) >= 11 is 0. The van der Waals surface area contributed by atoms with Gasteiger partial charge in [-0.2, -0.15) is 0 Å². The molecule has 27 heavy (non-hydrogen) atoms. The van der Waals surface area contributed by atoms with E-state index in [1.807, 2.05) is 54.6 Å². The van der Waals surface area contributed by atoms with Crippen molar-refractivity contribution in [2.45, 2.75) is 31.2 Å². The minimum absolute atomic E-state index is 0.0519. The van der Waals surface area contributed by atoms with Crippen molar-refractivity contribution in [2.75, 3.05) is 18.6 Å². The summed E-state index contributed by atoms with van der Waals surface area (Å²) in [6.07, 6.45) is 1.30. The minimum Gasteiger partial charge on any atom is -0.497 e. The summed E-state index contributed by atoms with van der Waals surface area (Å²) in [6.45, 7) is 0. The number of ether oxygens (including phenoxy) is 1. The van der Waals surface area contributed by atoms with Crippen molar-refractivity contribution >= 4 is 15.7 Å². The highest BCUT2D eigenvalue weighted by molar-refractivity contribution is 7.91. The molecule has 0 radical (unpaired) electrons. The fraction of sp³-hybridized carbons (Fsp3) is 0.381. The topological polar surface area (TPSA) is 72.5 Å². The van der Waals surface area contributed by atoms with E-state index in [9.17, 15) is 13.2 Å². The second-order valence-corrected chi connectivity index (χ2v) is 9.24. The normalized spacial score (nSPS) is 17.8. The maximum absolute atomic E-state index is 12.7. The van der Waals surface area contributed by atoms with Crippen molar-refractivity contribution in [1.29, 1.82) is 0 Å². The van der Waals surface area contributed by atoms with Crippen LogP contribution >= 0.6 is 0 Å². The van der Waals surface area contributed by atoms with Gasteiger partial charge in [-0.3, -0.25) is 4.79 Å². The smallest absolute Gasteiger partial charge is 0.221 e. The first kappa shape index (κ1) is 19.4. The molecule has 2 aromatic rings. The number of methoxy groups -OCH3 is 1. The van der Waals surface area contributed by atoms with Gasteiger partial charge in [0.25, 0.3) is 0 Å². The third kappa shape index (κ3) is 5.32. The van der Waals surface area contributed by atoms with E-state index in [1.165, 1.54) is 0 Å². The molecule has 0 aliphatic carbocycles. The first-order valence-electron chi connectivity index (χ1n) is 9.15. The first-order chi connectivity index (χ1) is 13.0. The van der Waals surface area contributed by atoms with E-state index >= 15 is 0 Å². The Morgan fingerprint density at radius 3 is 2.22 bits per heavy atom. The molecule has 144 valence electrons. The predicted molar refractivity (Wildman–Crippen MR) is 106 cm³/mol. The fourth-order valence-corrected chi connectivity index (χ4v) is 4.95. The maximum atomic E-state index is 12.7. The number of rotatable bonds is 6. The van der Waals surface area contributed by atoms with E-state index in [1.54, 1.807) is 7.11 Å². The van der Waals surface area contributed by atoms with Crippen LogP contribution in [0.1, 0.15) is 36.3 Å². The summed E-state index contributed by atoms with van der Waals surface area (Å²) in [5.41, 5.74) is 2.12. The summed E-state index contributed by atoms with van der Waals surface area (Å²) in [6, 6.07) is 17.6. The van der Waals surface area contributed by atoms with Gasteiger partial charge in [0.2, 0.25) is 5.91 Å². The molecule has 1 amide bonds. The van der Waals surface area contributed by atoms with Crippen molar-refractivity contribution in [3.8, 4) is 5.75 Å². The summed E-state index contributed by atoms with van der Waals surface area (Å²) in [5, 5.41) is 3.02. The molecule has 6 heteroatoms. The number of hydrogen-bond donors (Lipinski definition) is 1. The molecule has 1 N–H and O–H groups in total. The molecule has 1 fully saturated rings. The molecular formula is C21H25NO4S. The molecule has 0 spiro atoms. The molecule has 1 aliphatic rings. The molecule has 1 saturated heterocycles.